The van der Waals surface area contributed by atoms with Gasteiger partial charge in [0.2, 0.25) is 0 Å². The molecule has 2 aromatic carbocycles. The van der Waals surface area contributed by atoms with Gasteiger partial charge in [-0.2, -0.15) is 5.26 Å². The van der Waals surface area contributed by atoms with E-state index in [4.69, 9.17) is 4.74 Å². The maximum atomic E-state index is 12.2. The Morgan fingerprint density at radius 3 is 2.56 bits per heavy atom. The average molecular weight is 432 g/mol. The number of esters is 1. The number of anilines is 1. The maximum Gasteiger partial charge on any atom is 0.340 e. The van der Waals surface area contributed by atoms with Crippen LogP contribution < -0.4 is 5.32 Å². The highest BCUT2D eigenvalue weighted by Crippen LogP contribution is 2.29. The lowest BCUT2D eigenvalue weighted by Gasteiger charge is -2.12. The molecule has 0 aliphatic carbocycles. The number of carbonyl (C=O) groups excluding carboxylic acids is 1. The van der Waals surface area contributed by atoms with E-state index in [1.807, 2.05) is 41.1 Å². The number of benzene rings is 2. The van der Waals surface area contributed by atoms with Crippen LogP contribution in [0.3, 0.4) is 0 Å². The van der Waals surface area contributed by atoms with Gasteiger partial charge in [-0.25, -0.2) is 4.79 Å². The second kappa shape index (κ2) is 10.3. The molecule has 0 atom stereocenters. The van der Waals surface area contributed by atoms with Crippen LogP contribution in [0.5, 0.6) is 0 Å². The molecule has 8 nitrogen and oxygen atoms in total. The Balaban J connectivity index is 1.83. The lowest BCUT2D eigenvalue weighted by molar-refractivity contribution is -0.384. The summed E-state index contributed by atoms with van der Waals surface area (Å²) >= 11 is 0. The summed E-state index contributed by atoms with van der Waals surface area (Å²) in [5.74, 6) is -0.617. The highest BCUT2D eigenvalue weighted by molar-refractivity contribution is 5.98. The third kappa shape index (κ3) is 4.95. The molecule has 3 aromatic rings. The SMILES string of the molecule is CCCc1cc(C#N)n(-c2ccc(CNc3c(C(=O)OCC)cccc3[N+](=O)[O-])cc2)c1. The van der Waals surface area contributed by atoms with E-state index >= 15 is 0 Å². The zero-order chi connectivity index (χ0) is 23.1. The smallest absolute Gasteiger partial charge is 0.340 e. The number of carbonyl (C=O) groups is 1. The Morgan fingerprint density at radius 1 is 1.19 bits per heavy atom. The fourth-order valence-corrected chi connectivity index (χ4v) is 3.46. The predicted octanol–water partition coefficient (Wildman–Crippen LogP) is 5.00. The molecule has 3 rings (SSSR count). The minimum atomic E-state index is -0.617. The highest BCUT2D eigenvalue weighted by Gasteiger charge is 2.22. The van der Waals surface area contributed by atoms with Crippen LogP contribution in [-0.2, 0) is 17.7 Å². The standard InChI is InChI=1S/C24H24N4O4/c1-3-6-18-13-20(14-25)27(16-18)19-11-9-17(10-12-19)15-26-23-21(24(29)32-4-2)7-5-8-22(23)28(30)31/h5,7-13,16,26H,3-4,6,15H2,1-2H3. The summed E-state index contributed by atoms with van der Waals surface area (Å²) in [6.45, 7) is 4.22. The van der Waals surface area contributed by atoms with E-state index in [-0.39, 0.29) is 30.1 Å². The van der Waals surface area contributed by atoms with E-state index in [1.54, 1.807) is 6.92 Å². The van der Waals surface area contributed by atoms with Crippen molar-refractivity contribution in [2.75, 3.05) is 11.9 Å². The monoisotopic (exact) mass is 432 g/mol. The number of rotatable bonds is 9. The number of nitrogens with zero attached hydrogens (tertiary/aromatic N) is 3. The van der Waals surface area contributed by atoms with Gasteiger partial charge in [0.25, 0.3) is 5.69 Å². The molecule has 32 heavy (non-hydrogen) atoms. The molecule has 0 saturated carbocycles. The van der Waals surface area contributed by atoms with Crippen molar-refractivity contribution in [2.24, 2.45) is 0 Å². The van der Waals surface area contributed by atoms with Gasteiger partial charge in [0, 0.05) is 24.5 Å². The van der Waals surface area contributed by atoms with Gasteiger partial charge in [0.05, 0.1) is 17.1 Å². The number of ether oxygens (including phenoxy) is 1. The molecule has 0 fully saturated rings. The number of hydrogen-bond donors (Lipinski definition) is 1. The van der Waals surface area contributed by atoms with E-state index in [2.05, 4.69) is 18.3 Å². The summed E-state index contributed by atoms with van der Waals surface area (Å²) in [7, 11) is 0. The number of aromatic nitrogens is 1. The molecule has 1 aromatic heterocycles. The van der Waals surface area contributed by atoms with Crippen LogP contribution in [-0.4, -0.2) is 22.1 Å². The van der Waals surface area contributed by atoms with E-state index in [9.17, 15) is 20.2 Å². The summed E-state index contributed by atoms with van der Waals surface area (Å²) in [6.07, 6.45) is 3.87. The first-order valence-electron chi connectivity index (χ1n) is 10.4. The van der Waals surface area contributed by atoms with E-state index in [0.29, 0.717) is 5.69 Å². The maximum absolute atomic E-state index is 12.2. The van der Waals surface area contributed by atoms with Gasteiger partial charge in [-0.1, -0.05) is 31.5 Å². The topological polar surface area (TPSA) is 110 Å². The minimum absolute atomic E-state index is 0.118. The van der Waals surface area contributed by atoms with Crippen molar-refractivity contribution in [1.29, 1.82) is 5.26 Å². The van der Waals surface area contributed by atoms with Crippen LogP contribution in [0.2, 0.25) is 0 Å². The normalized spacial score (nSPS) is 10.4. The van der Waals surface area contributed by atoms with E-state index in [1.165, 1.54) is 18.2 Å². The van der Waals surface area contributed by atoms with Crippen molar-refractivity contribution in [3.05, 3.63) is 87.2 Å². The van der Waals surface area contributed by atoms with E-state index in [0.717, 1.165) is 29.7 Å². The van der Waals surface area contributed by atoms with Crippen LogP contribution in [0.1, 0.15) is 47.4 Å². The Morgan fingerprint density at radius 2 is 1.94 bits per heavy atom. The predicted molar refractivity (Wildman–Crippen MR) is 121 cm³/mol. The fraction of sp³-hybridized carbons (Fsp3) is 0.250. The van der Waals surface area contributed by atoms with Crippen LogP contribution in [0.15, 0.2) is 54.7 Å². The van der Waals surface area contributed by atoms with Crippen molar-refractivity contribution in [2.45, 2.75) is 33.2 Å². The Labute approximate surface area is 186 Å². The van der Waals surface area contributed by atoms with Gasteiger partial charge in [0.15, 0.2) is 0 Å². The van der Waals surface area contributed by atoms with Crippen molar-refractivity contribution < 1.29 is 14.5 Å². The summed E-state index contributed by atoms with van der Waals surface area (Å²) in [4.78, 5) is 23.2. The molecule has 164 valence electrons. The average Bonchev–Trinajstić information content (AvgIpc) is 3.21. The zero-order valence-corrected chi connectivity index (χ0v) is 18.0. The van der Waals surface area contributed by atoms with E-state index < -0.39 is 10.9 Å². The molecule has 0 unspecified atom stereocenters. The molecule has 0 saturated heterocycles. The quantitative estimate of drug-likeness (QED) is 0.289. The summed E-state index contributed by atoms with van der Waals surface area (Å²) < 4.78 is 6.88. The molecular weight excluding hydrogens is 408 g/mol. The summed E-state index contributed by atoms with van der Waals surface area (Å²) in [5, 5.41) is 23.9. The van der Waals surface area contributed by atoms with Crippen LogP contribution >= 0.6 is 0 Å². The van der Waals surface area contributed by atoms with Gasteiger partial charge >= 0.3 is 5.97 Å². The van der Waals surface area contributed by atoms with Crippen LogP contribution in [0.4, 0.5) is 11.4 Å². The lowest BCUT2D eigenvalue weighted by atomic mass is 10.1. The summed E-state index contributed by atoms with van der Waals surface area (Å²) in [5.41, 5.74) is 3.44. The van der Waals surface area contributed by atoms with Crippen molar-refractivity contribution in [3.63, 3.8) is 0 Å². The third-order valence-electron chi connectivity index (χ3n) is 4.95. The molecule has 1 N–H and O–H groups in total. The largest absolute Gasteiger partial charge is 0.462 e. The first-order valence-corrected chi connectivity index (χ1v) is 10.4. The van der Waals surface area contributed by atoms with Gasteiger partial charge in [-0.3, -0.25) is 10.1 Å². The minimum Gasteiger partial charge on any atom is -0.462 e. The van der Waals surface area contributed by atoms with Gasteiger partial charge in [-0.15, -0.1) is 0 Å². The number of nitro benzene ring substituents is 1. The zero-order valence-electron chi connectivity index (χ0n) is 18.0. The number of nitrogens with one attached hydrogen (secondary N) is 1. The second-order valence-corrected chi connectivity index (χ2v) is 7.16. The van der Waals surface area contributed by atoms with Crippen molar-refractivity contribution in [1.82, 2.24) is 4.57 Å². The van der Waals surface area contributed by atoms with Crippen molar-refractivity contribution in [3.8, 4) is 11.8 Å². The number of para-hydroxylation sites is 1. The third-order valence-corrected chi connectivity index (χ3v) is 4.95. The lowest BCUT2D eigenvalue weighted by Crippen LogP contribution is -2.11. The highest BCUT2D eigenvalue weighted by atomic mass is 16.6. The molecule has 0 aliphatic rings. The molecule has 0 radical (unpaired) electrons. The van der Waals surface area contributed by atoms with Gasteiger partial charge in [0.1, 0.15) is 17.5 Å². The number of aryl methyl sites for hydroxylation is 1. The molecule has 0 spiro atoms. The van der Waals surface area contributed by atoms with Crippen LogP contribution in [0.25, 0.3) is 5.69 Å². The van der Waals surface area contributed by atoms with Crippen molar-refractivity contribution >= 4 is 17.3 Å². The molecule has 0 amide bonds. The van der Waals surface area contributed by atoms with Gasteiger partial charge in [-0.05, 0) is 48.7 Å². The molecular formula is C24H24N4O4. The molecule has 8 heteroatoms. The fourth-order valence-electron chi connectivity index (χ4n) is 3.46. The number of nitro groups is 1. The molecule has 1 heterocycles. The Bertz CT molecular complexity index is 1160. The molecule has 0 aliphatic heterocycles. The molecule has 0 bridgehead atoms. The first kappa shape index (κ1) is 22.6. The first-order chi connectivity index (χ1) is 15.5. The Kier molecular flexibility index (Phi) is 7.24. The number of nitriles is 1. The Hall–Kier alpha value is -4.12. The van der Waals surface area contributed by atoms with Gasteiger partial charge < -0.3 is 14.6 Å². The summed E-state index contributed by atoms with van der Waals surface area (Å²) in [6, 6.07) is 15.9. The number of hydrogen-bond acceptors (Lipinski definition) is 6. The van der Waals surface area contributed by atoms with Crippen LogP contribution in [0, 0.1) is 21.4 Å². The second-order valence-electron chi connectivity index (χ2n) is 7.16.